The van der Waals surface area contributed by atoms with Crippen molar-refractivity contribution in [2.24, 2.45) is 0 Å². The van der Waals surface area contributed by atoms with Crippen molar-refractivity contribution < 1.29 is 19.7 Å². The van der Waals surface area contributed by atoms with Crippen molar-refractivity contribution in [1.29, 1.82) is 0 Å². The number of hydrogen-bond donors (Lipinski definition) is 2. The molecule has 0 bridgehead atoms. The second kappa shape index (κ2) is 9.93. The lowest BCUT2D eigenvalue weighted by atomic mass is 10.1. The van der Waals surface area contributed by atoms with Crippen LogP contribution in [0.4, 0.5) is 0 Å². The van der Waals surface area contributed by atoms with Gasteiger partial charge in [-0.1, -0.05) is 25.7 Å². The molecule has 0 saturated carbocycles. The molecule has 0 aliphatic rings. The van der Waals surface area contributed by atoms with Crippen molar-refractivity contribution in [3.05, 3.63) is 0 Å². The summed E-state index contributed by atoms with van der Waals surface area (Å²) in [6.45, 7) is 2.06. The van der Waals surface area contributed by atoms with Crippen LogP contribution in [0, 0.1) is 0 Å². The van der Waals surface area contributed by atoms with Crippen molar-refractivity contribution >= 4 is 5.97 Å². The van der Waals surface area contributed by atoms with Crippen molar-refractivity contribution in [2.45, 2.75) is 51.6 Å². The molecule has 0 heterocycles. The average Bonchev–Trinajstić information content (AvgIpc) is 2.21. The molecule has 0 spiro atoms. The first-order chi connectivity index (χ1) is 7.18. The molecule has 0 aromatic rings. The van der Waals surface area contributed by atoms with Crippen LogP contribution in [0.2, 0.25) is 0 Å². The Bertz CT molecular complexity index is 157. The third-order valence-electron chi connectivity index (χ3n) is 2.14. The fourth-order valence-electron chi connectivity index (χ4n) is 1.21. The van der Waals surface area contributed by atoms with Crippen LogP contribution < -0.4 is 0 Å². The molecule has 0 aliphatic heterocycles. The topological polar surface area (TPSA) is 66.8 Å². The van der Waals surface area contributed by atoms with Crippen LogP contribution in [0.25, 0.3) is 0 Å². The Morgan fingerprint density at radius 3 is 2.20 bits per heavy atom. The standard InChI is InChI=1S/C11H22O4/c1-10(13)11(14)15-9-7-5-3-2-4-6-8-12/h10,12-13H,2-9H2,1H3. The van der Waals surface area contributed by atoms with Gasteiger partial charge in [0.1, 0.15) is 6.10 Å². The molecule has 1 atom stereocenters. The zero-order chi connectivity index (χ0) is 11.5. The zero-order valence-corrected chi connectivity index (χ0v) is 9.45. The number of ether oxygens (including phenoxy) is 1. The quantitative estimate of drug-likeness (QED) is 0.451. The molecule has 1 unspecified atom stereocenters. The van der Waals surface area contributed by atoms with E-state index >= 15 is 0 Å². The number of hydrogen-bond acceptors (Lipinski definition) is 4. The van der Waals surface area contributed by atoms with E-state index in [4.69, 9.17) is 14.9 Å². The molecule has 90 valence electrons. The van der Waals surface area contributed by atoms with E-state index in [9.17, 15) is 4.79 Å². The molecule has 0 fully saturated rings. The summed E-state index contributed by atoms with van der Waals surface area (Å²) >= 11 is 0. The van der Waals surface area contributed by atoms with E-state index in [2.05, 4.69) is 0 Å². The van der Waals surface area contributed by atoms with Gasteiger partial charge < -0.3 is 14.9 Å². The van der Waals surface area contributed by atoms with Crippen LogP contribution in [0.15, 0.2) is 0 Å². The molecule has 0 aromatic carbocycles. The highest BCUT2D eigenvalue weighted by atomic mass is 16.5. The molecular formula is C11H22O4. The van der Waals surface area contributed by atoms with Gasteiger partial charge in [-0.25, -0.2) is 4.79 Å². The highest BCUT2D eigenvalue weighted by Gasteiger charge is 2.08. The first kappa shape index (κ1) is 14.4. The molecule has 0 aliphatic carbocycles. The smallest absolute Gasteiger partial charge is 0.334 e. The van der Waals surface area contributed by atoms with Crippen molar-refractivity contribution in [3.8, 4) is 0 Å². The molecule has 0 radical (unpaired) electrons. The van der Waals surface area contributed by atoms with Crippen LogP contribution in [-0.4, -0.2) is 35.5 Å². The summed E-state index contributed by atoms with van der Waals surface area (Å²) in [6.07, 6.45) is 5.00. The number of rotatable bonds is 9. The van der Waals surface area contributed by atoms with Crippen molar-refractivity contribution in [3.63, 3.8) is 0 Å². The SMILES string of the molecule is CC(O)C(=O)OCCCCCCCCO. The summed E-state index contributed by atoms with van der Waals surface area (Å²) < 4.78 is 4.80. The van der Waals surface area contributed by atoms with E-state index in [1.54, 1.807) is 0 Å². The number of unbranched alkanes of at least 4 members (excludes halogenated alkanes) is 5. The molecule has 4 heteroatoms. The summed E-state index contributed by atoms with van der Waals surface area (Å²) in [4.78, 5) is 10.8. The molecule has 15 heavy (non-hydrogen) atoms. The first-order valence-corrected chi connectivity index (χ1v) is 5.64. The highest BCUT2D eigenvalue weighted by molar-refractivity contribution is 5.73. The predicted molar refractivity (Wildman–Crippen MR) is 57.4 cm³/mol. The summed E-state index contributed by atoms with van der Waals surface area (Å²) in [5.41, 5.74) is 0. The Morgan fingerprint density at radius 1 is 1.13 bits per heavy atom. The first-order valence-electron chi connectivity index (χ1n) is 5.64. The van der Waals surface area contributed by atoms with Gasteiger partial charge in [-0.3, -0.25) is 0 Å². The fourth-order valence-corrected chi connectivity index (χ4v) is 1.21. The number of aliphatic hydroxyl groups excluding tert-OH is 2. The van der Waals surface area contributed by atoms with E-state index in [0.29, 0.717) is 6.61 Å². The van der Waals surface area contributed by atoms with Gasteiger partial charge in [-0.15, -0.1) is 0 Å². The van der Waals surface area contributed by atoms with E-state index < -0.39 is 12.1 Å². The Balaban J connectivity index is 3.08. The average molecular weight is 218 g/mol. The van der Waals surface area contributed by atoms with Gasteiger partial charge in [0.25, 0.3) is 0 Å². The second-order valence-electron chi connectivity index (χ2n) is 3.69. The lowest BCUT2D eigenvalue weighted by molar-refractivity contribution is -0.152. The Labute approximate surface area is 91.3 Å². The van der Waals surface area contributed by atoms with Gasteiger partial charge in [-0.05, 0) is 19.8 Å². The lowest BCUT2D eigenvalue weighted by Gasteiger charge is -2.06. The van der Waals surface area contributed by atoms with E-state index in [1.165, 1.54) is 6.92 Å². The summed E-state index contributed by atoms with van der Waals surface area (Å²) in [6, 6.07) is 0. The molecule has 0 aromatic heterocycles. The minimum Gasteiger partial charge on any atom is -0.464 e. The van der Waals surface area contributed by atoms with Gasteiger partial charge in [0.2, 0.25) is 0 Å². The van der Waals surface area contributed by atoms with Gasteiger partial charge in [0.15, 0.2) is 0 Å². The largest absolute Gasteiger partial charge is 0.464 e. The zero-order valence-electron chi connectivity index (χ0n) is 9.45. The number of aliphatic hydroxyl groups is 2. The fraction of sp³-hybridized carbons (Fsp3) is 0.909. The third kappa shape index (κ3) is 9.69. The lowest BCUT2D eigenvalue weighted by Crippen LogP contribution is -2.19. The summed E-state index contributed by atoms with van der Waals surface area (Å²) in [5.74, 6) is -0.546. The number of carbonyl (C=O) groups is 1. The van der Waals surface area contributed by atoms with Gasteiger partial charge in [0, 0.05) is 6.61 Å². The molecule has 0 saturated heterocycles. The van der Waals surface area contributed by atoms with E-state index in [-0.39, 0.29) is 6.61 Å². The summed E-state index contributed by atoms with van der Waals surface area (Å²) in [7, 11) is 0. The number of carbonyl (C=O) groups excluding carboxylic acids is 1. The van der Waals surface area contributed by atoms with E-state index in [0.717, 1.165) is 38.5 Å². The molecule has 0 amide bonds. The van der Waals surface area contributed by atoms with Gasteiger partial charge in [-0.2, -0.15) is 0 Å². The molecule has 4 nitrogen and oxygen atoms in total. The van der Waals surface area contributed by atoms with Gasteiger partial charge in [0.05, 0.1) is 6.61 Å². The minimum atomic E-state index is -1.02. The highest BCUT2D eigenvalue weighted by Crippen LogP contribution is 2.05. The van der Waals surface area contributed by atoms with E-state index in [1.807, 2.05) is 0 Å². The van der Waals surface area contributed by atoms with Crippen LogP contribution in [0.5, 0.6) is 0 Å². The normalized spacial score (nSPS) is 12.5. The Morgan fingerprint density at radius 2 is 1.67 bits per heavy atom. The maximum absolute atomic E-state index is 10.8. The Kier molecular flexibility index (Phi) is 9.52. The van der Waals surface area contributed by atoms with Crippen LogP contribution in [0.3, 0.4) is 0 Å². The maximum atomic E-state index is 10.8. The molecule has 0 rings (SSSR count). The molecular weight excluding hydrogens is 196 g/mol. The van der Waals surface area contributed by atoms with Crippen LogP contribution in [-0.2, 0) is 9.53 Å². The van der Waals surface area contributed by atoms with Crippen molar-refractivity contribution in [2.75, 3.05) is 13.2 Å². The monoisotopic (exact) mass is 218 g/mol. The number of esters is 1. The van der Waals surface area contributed by atoms with Gasteiger partial charge >= 0.3 is 5.97 Å². The maximum Gasteiger partial charge on any atom is 0.334 e. The van der Waals surface area contributed by atoms with Crippen LogP contribution in [0.1, 0.15) is 45.4 Å². The predicted octanol–water partition coefficient (Wildman–Crippen LogP) is 1.24. The molecule has 2 N–H and O–H groups in total. The van der Waals surface area contributed by atoms with Crippen molar-refractivity contribution in [1.82, 2.24) is 0 Å². The Hall–Kier alpha value is -0.610. The van der Waals surface area contributed by atoms with Crippen LogP contribution >= 0.6 is 0 Å². The summed E-state index contributed by atoms with van der Waals surface area (Å²) in [5, 5.41) is 17.4. The minimum absolute atomic E-state index is 0.270. The third-order valence-corrected chi connectivity index (χ3v) is 2.14. The second-order valence-corrected chi connectivity index (χ2v) is 3.69.